The van der Waals surface area contributed by atoms with Gasteiger partial charge in [0.2, 0.25) is 0 Å². The van der Waals surface area contributed by atoms with Gasteiger partial charge in [0.25, 0.3) is 0 Å². The summed E-state index contributed by atoms with van der Waals surface area (Å²) in [6.45, 7) is 0. The largest absolute Gasteiger partial charge is 0.507 e. The molecule has 0 spiro atoms. The van der Waals surface area contributed by atoms with E-state index in [4.69, 9.17) is 0 Å². The number of phenols is 1. The van der Waals surface area contributed by atoms with Gasteiger partial charge >= 0.3 is 0 Å². The van der Waals surface area contributed by atoms with E-state index < -0.39 is 0 Å². The maximum Gasteiger partial charge on any atom is 0.153 e. The third-order valence-electron chi connectivity index (χ3n) is 4.25. The molecular weight excluding hydrogens is 284 g/mol. The minimum atomic E-state index is 0.0305. The lowest BCUT2D eigenvalue weighted by atomic mass is 9.92. The van der Waals surface area contributed by atoms with Gasteiger partial charge in [-0.05, 0) is 39.2 Å². The van der Waals surface area contributed by atoms with E-state index in [1.807, 2.05) is 36.4 Å². The molecule has 1 N–H and O–H groups in total. The van der Waals surface area contributed by atoms with Crippen LogP contribution in [0.5, 0.6) is 5.75 Å². The molecule has 0 aromatic heterocycles. The van der Waals surface area contributed by atoms with Gasteiger partial charge in [0, 0.05) is 5.56 Å². The summed E-state index contributed by atoms with van der Waals surface area (Å²) in [6, 6.07) is 23.7. The summed E-state index contributed by atoms with van der Waals surface area (Å²) in [6.07, 6.45) is 0.683. The highest BCUT2D eigenvalue weighted by Crippen LogP contribution is 2.39. The minimum Gasteiger partial charge on any atom is -0.507 e. The average molecular weight is 298 g/mol. The molecule has 0 radical (unpaired) electrons. The summed E-state index contributed by atoms with van der Waals surface area (Å²) in [7, 11) is 0. The van der Waals surface area contributed by atoms with Crippen LogP contribution in [0.25, 0.3) is 32.7 Å². The monoisotopic (exact) mass is 298 g/mol. The molecule has 4 aromatic carbocycles. The second kappa shape index (κ2) is 5.25. The predicted molar refractivity (Wildman–Crippen MR) is 93.9 cm³/mol. The van der Waals surface area contributed by atoms with E-state index in [2.05, 4.69) is 24.3 Å². The van der Waals surface area contributed by atoms with E-state index in [0.29, 0.717) is 17.4 Å². The molecule has 23 heavy (non-hydrogen) atoms. The smallest absolute Gasteiger partial charge is 0.153 e. The Morgan fingerprint density at radius 1 is 0.696 bits per heavy atom. The van der Waals surface area contributed by atoms with Gasteiger partial charge in [0.1, 0.15) is 5.75 Å². The summed E-state index contributed by atoms with van der Waals surface area (Å²) in [4.78, 5) is 11.1. The number of carbonyl (C=O) groups is 1. The number of carbonyl (C=O) groups excluding carboxylic acids is 1. The van der Waals surface area contributed by atoms with Crippen molar-refractivity contribution in [1.29, 1.82) is 0 Å². The second-order valence-electron chi connectivity index (χ2n) is 5.55. The van der Waals surface area contributed by atoms with Crippen LogP contribution in [0.2, 0.25) is 0 Å². The Hall–Kier alpha value is -3.13. The normalized spacial score (nSPS) is 11.0. The van der Waals surface area contributed by atoms with Crippen molar-refractivity contribution in [3.63, 3.8) is 0 Å². The number of para-hydroxylation sites is 1. The van der Waals surface area contributed by atoms with Gasteiger partial charge in [-0.3, -0.25) is 4.79 Å². The Balaban J connectivity index is 2.16. The maximum atomic E-state index is 11.1. The van der Waals surface area contributed by atoms with Crippen LogP contribution in [0.3, 0.4) is 0 Å². The molecule has 4 aromatic rings. The number of rotatable bonds is 2. The van der Waals surface area contributed by atoms with Gasteiger partial charge < -0.3 is 5.11 Å². The first-order valence-electron chi connectivity index (χ1n) is 7.47. The quantitative estimate of drug-likeness (QED) is 0.409. The second-order valence-corrected chi connectivity index (χ2v) is 5.55. The van der Waals surface area contributed by atoms with E-state index in [1.165, 1.54) is 5.39 Å². The fraction of sp³-hybridized carbons (Fsp3) is 0. The topological polar surface area (TPSA) is 37.3 Å². The van der Waals surface area contributed by atoms with Crippen molar-refractivity contribution in [3.8, 4) is 16.9 Å². The zero-order chi connectivity index (χ0) is 15.8. The van der Waals surface area contributed by atoms with Gasteiger partial charge in [0.05, 0.1) is 5.56 Å². The number of aromatic hydroxyl groups is 1. The predicted octanol–water partition coefficient (Wildman–Crippen LogP) is 5.18. The summed E-state index contributed by atoms with van der Waals surface area (Å²) in [5, 5.41) is 14.9. The van der Waals surface area contributed by atoms with Crippen LogP contribution in [0.1, 0.15) is 10.4 Å². The first-order valence-corrected chi connectivity index (χ1v) is 7.47. The molecule has 4 rings (SSSR count). The van der Waals surface area contributed by atoms with Gasteiger partial charge in [-0.2, -0.15) is 0 Å². The third kappa shape index (κ3) is 2.08. The lowest BCUT2D eigenvalue weighted by molar-refractivity contribution is 0.112. The fourth-order valence-corrected chi connectivity index (χ4v) is 3.15. The number of benzene rings is 4. The number of phenolic OH excluding ortho intramolecular Hbond substituents is 1. The van der Waals surface area contributed by atoms with Crippen molar-refractivity contribution in [2.45, 2.75) is 0 Å². The number of aldehydes is 1. The molecule has 110 valence electrons. The molecule has 2 heteroatoms. The molecule has 0 fully saturated rings. The Morgan fingerprint density at radius 2 is 1.39 bits per heavy atom. The number of hydrogen-bond donors (Lipinski definition) is 1. The van der Waals surface area contributed by atoms with Crippen LogP contribution in [0.4, 0.5) is 0 Å². The molecule has 0 amide bonds. The van der Waals surface area contributed by atoms with Crippen molar-refractivity contribution in [1.82, 2.24) is 0 Å². The zero-order valence-electron chi connectivity index (χ0n) is 12.4. The first kappa shape index (κ1) is 13.5. The van der Waals surface area contributed by atoms with E-state index in [9.17, 15) is 9.90 Å². The fourth-order valence-electron chi connectivity index (χ4n) is 3.15. The van der Waals surface area contributed by atoms with Crippen molar-refractivity contribution >= 4 is 27.8 Å². The summed E-state index contributed by atoms with van der Waals surface area (Å²) in [5.41, 5.74) is 1.91. The van der Waals surface area contributed by atoms with E-state index in [1.54, 1.807) is 12.1 Å². The summed E-state index contributed by atoms with van der Waals surface area (Å²) >= 11 is 0. The number of hydrogen-bond acceptors (Lipinski definition) is 2. The van der Waals surface area contributed by atoms with Crippen molar-refractivity contribution < 1.29 is 9.90 Å². The molecule has 0 aliphatic rings. The SMILES string of the molecule is O=Cc1cccc(-c2cc3ccccc3c3ccccc23)c1O. The van der Waals surface area contributed by atoms with E-state index >= 15 is 0 Å². The molecule has 0 heterocycles. The Kier molecular flexibility index (Phi) is 3.09. The molecule has 0 aliphatic carbocycles. The van der Waals surface area contributed by atoms with E-state index in [0.717, 1.165) is 21.7 Å². The lowest BCUT2D eigenvalue weighted by Gasteiger charge is -2.13. The highest BCUT2D eigenvalue weighted by atomic mass is 16.3. The number of fused-ring (bicyclic) bond motifs is 3. The van der Waals surface area contributed by atoms with Gasteiger partial charge in [-0.15, -0.1) is 0 Å². The zero-order valence-corrected chi connectivity index (χ0v) is 12.4. The molecule has 0 unspecified atom stereocenters. The van der Waals surface area contributed by atoms with Crippen LogP contribution in [-0.2, 0) is 0 Å². The molecule has 0 bridgehead atoms. The molecular formula is C21H14O2. The first-order chi connectivity index (χ1) is 11.3. The van der Waals surface area contributed by atoms with Crippen LogP contribution in [-0.4, -0.2) is 11.4 Å². The van der Waals surface area contributed by atoms with Gasteiger partial charge in [-0.25, -0.2) is 0 Å². The van der Waals surface area contributed by atoms with Crippen molar-refractivity contribution in [3.05, 3.63) is 78.4 Å². The van der Waals surface area contributed by atoms with Crippen LogP contribution in [0, 0.1) is 0 Å². The van der Waals surface area contributed by atoms with Crippen LogP contribution < -0.4 is 0 Å². The highest BCUT2D eigenvalue weighted by Gasteiger charge is 2.13. The van der Waals surface area contributed by atoms with Gasteiger partial charge in [-0.1, -0.05) is 60.7 Å². The molecule has 0 aliphatic heterocycles. The van der Waals surface area contributed by atoms with Crippen LogP contribution >= 0.6 is 0 Å². The molecule has 2 nitrogen and oxygen atoms in total. The lowest BCUT2D eigenvalue weighted by Crippen LogP contribution is -1.88. The minimum absolute atomic E-state index is 0.0305. The summed E-state index contributed by atoms with van der Waals surface area (Å²) < 4.78 is 0. The molecule has 0 saturated heterocycles. The standard InChI is InChI=1S/C21H14O2/c22-13-15-7-5-11-19(21(15)23)20-12-14-6-1-2-8-16(14)17-9-3-4-10-18(17)20/h1-13,23H. The van der Waals surface area contributed by atoms with Crippen LogP contribution in [0.15, 0.2) is 72.8 Å². The Labute approximate surface area is 133 Å². The molecule has 0 saturated carbocycles. The van der Waals surface area contributed by atoms with Crippen molar-refractivity contribution in [2.75, 3.05) is 0 Å². The highest BCUT2D eigenvalue weighted by molar-refractivity contribution is 6.14. The molecule has 0 atom stereocenters. The Morgan fingerprint density at radius 3 is 2.17 bits per heavy atom. The average Bonchev–Trinajstić information content (AvgIpc) is 2.61. The van der Waals surface area contributed by atoms with E-state index in [-0.39, 0.29) is 5.75 Å². The maximum absolute atomic E-state index is 11.1. The Bertz CT molecular complexity index is 1050. The third-order valence-corrected chi connectivity index (χ3v) is 4.25. The van der Waals surface area contributed by atoms with Gasteiger partial charge in [0.15, 0.2) is 6.29 Å². The summed E-state index contributed by atoms with van der Waals surface area (Å²) in [5.74, 6) is 0.0305. The van der Waals surface area contributed by atoms with Crippen molar-refractivity contribution in [2.24, 2.45) is 0 Å².